The van der Waals surface area contributed by atoms with E-state index >= 15 is 0 Å². The van der Waals surface area contributed by atoms with Crippen LogP contribution in [0.1, 0.15) is 0 Å². The van der Waals surface area contributed by atoms with E-state index in [4.69, 9.17) is 0 Å². The van der Waals surface area contributed by atoms with Gasteiger partial charge in [0.15, 0.2) is 0 Å². The van der Waals surface area contributed by atoms with E-state index in [0.717, 1.165) is 12.1 Å². The fourth-order valence-corrected chi connectivity index (χ4v) is 7.60. The molecule has 0 heterocycles. The van der Waals surface area contributed by atoms with Crippen LogP contribution < -0.4 is 10.4 Å². The largest absolute Gasteiger partial charge is 0.133 e. The van der Waals surface area contributed by atoms with Crippen molar-refractivity contribution >= 4 is 26.5 Å². The summed E-state index contributed by atoms with van der Waals surface area (Å²) in [5.74, 6) is 3.57. The molecule has 0 unspecified atom stereocenters. The molecular formula is C21H26Si2. The standard InChI is InChI=1S/C21H26Si2/c1-5-17-23(19-12-18-22(2,3)4,20-13-8-6-9-14-20)21-15-10-7-11-16-21/h5-11,13-16H,1,17,19H2,2-4H3. The van der Waals surface area contributed by atoms with Crippen LogP contribution in [0.5, 0.6) is 0 Å². The van der Waals surface area contributed by atoms with E-state index < -0.39 is 16.1 Å². The first-order valence-electron chi connectivity index (χ1n) is 8.20. The van der Waals surface area contributed by atoms with E-state index in [-0.39, 0.29) is 0 Å². The summed E-state index contributed by atoms with van der Waals surface area (Å²) in [6, 6.07) is 23.9. The number of hydrogen-bond donors (Lipinski definition) is 0. The second-order valence-corrected chi connectivity index (χ2v) is 15.9. The molecule has 0 amide bonds. The van der Waals surface area contributed by atoms with Gasteiger partial charge in [-0.2, -0.15) is 0 Å². The molecule has 0 spiro atoms. The van der Waals surface area contributed by atoms with Crippen LogP contribution in [0.3, 0.4) is 0 Å². The summed E-state index contributed by atoms with van der Waals surface area (Å²) < 4.78 is 0. The number of hydrogen-bond acceptors (Lipinski definition) is 0. The van der Waals surface area contributed by atoms with Crippen LogP contribution in [-0.4, -0.2) is 16.1 Å². The van der Waals surface area contributed by atoms with E-state index in [1.54, 1.807) is 0 Å². The third-order valence-corrected chi connectivity index (χ3v) is 9.57. The Labute approximate surface area is 143 Å². The topological polar surface area (TPSA) is 0 Å². The van der Waals surface area contributed by atoms with Gasteiger partial charge >= 0.3 is 0 Å². The fraction of sp³-hybridized carbons (Fsp3) is 0.238. The predicted molar refractivity (Wildman–Crippen MR) is 109 cm³/mol. The smallest absolute Gasteiger partial charge is 0.132 e. The van der Waals surface area contributed by atoms with Crippen molar-refractivity contribution in [2.24, 2.45) is 0 Å². The van der Waals surface area contributed by atoms with Crippen molar-refractivity contribution in [2.45, 2.75) is 31.7 Å². The van der Waals surface area contributed by atoms with Crippen LogP contribution in [-0.2, 0) is 0 Å². The molecule has 0 nitrogen and oxygen atoms in total. The maximum atomic E-state index is 4.05. The summed E-state index contributed by atoms with van der Waals surface area (Å²) >= 11 is 0. The van der Waals surface area contributed by atoms with Crippen LogP contribution in [0.4, 0.5) is 0 Å². The second kappa shape index (κ2) is 7.63. The average Bonchev–Trinajstić information content (AvgIpc) is 2.54. The summed E-state index contributed by atoms with van der Waals surface area (Å²) in [7, 11) is -3.26. The average molecular weight is 335 g/mol. The molecule has 0 atom stereocenters. The SMILES string of the molecule is C=CC[Si](CC#C[Si](C)(C)C)(c1ccccc1)c1ccccc1. The lowest BCUT2D eigenvalue weighted by Gasteiger charge is -2.30. The minimum absolute atomic E-state index is 0.970. The Morgan fingerprint density at radius 2 is 1.35 bits per heavy atom. The monoisotopic (exact) mass is 334 g/mol. The van der Waals surface area contributed by atoms with Crippen LogP contribution >= 0.6 is 0 Å². The molecular weight excluding hydrogens is 308 g/mol. The van der Waals surface area contributed by atoms with Gasteiger partial charge in [0, 0.05) is 6.04 Å². The Kier molecular flexibility index (Phi) is 5.82. The van der Waals surface area contributed by atoms with E-state index in [1.807, 2.05) is 0 Å². The van der Waals surface area contributed by atoms with Crippen molar-refractivity contribution in [3.05, 3.63) is 73.3 Å². The zero-order valence-electron chi connectivity index (χ0n) is 14.5. The second-order valence-electron chi connectivity index (χ2n) is 7.04. The zero-order valence-corrected chi connectivity index (χ0v) is 16.5. The summed E-state index contributed by atoms with van der Waals surface area (Å²) in [6.45, 7) is 11.0. The highest BCUT2D eigenvalue weighted by atomic mass is 28.3. The predicted octanol–water partition coefficient (Wildman–Crippen LogP) is 4.32. The van der Waals surface area contributed by atoms with Gasteiger partial charge in [0.25, 0.3) is 0 Å². The van der Waals surface area contributed by atoms with Crippen LogP contribution in [0.2, 0.25) is 31.7 Å². The summed E-state index contributed by atoms with van der Waals surface area (Å²) in [5, 5.41) is 2.91. The Morgan fingerprint density at radius 3 is 1.74 bits per heavy atom. The third kappa shape index (κ3) is 4.57. The molecule has 23 heavy (non-hydrogen) atoms. The molecule has 0 N–H and O–H groups in total. The van der Waals surface area contributed by atoms with Crippen molar-refractivity contribution in [1.82, 2.24) is 0 Å². The number of benzene rings is 2. The van der Waals surface area contributed by atoms with Crippen molar-refractivity contribution in [3.8, 4) is 11.5 Å². The first-order chi connectivity index (χ1) is 11.0. The lowest BCUT2D eigenvalue weighted by Crippen LogP contribution is -2.57. The molecule has 2 aromatic rings. The van der Waals surface area contributed by atoms with Crippen LogP contribution in [0.25, 0.3) is 0 Å². The van der Waals surface area contributed by atoms with Gasteiger partial charge in [-0.25, -0.2) is 0 Å². The molecule has 0 aliphatic rings. The first-order valence-corrected chi connectivity index (χ1v) is 14.1. The molecule has 2 rings (SSSR count). The fourth-order valence-electron chi connectivity index (χ4n) is 2.90. The normalized spacial score (nSPS) is 11.4. The van der Waals surface area contributed by atoms with E-state index in [9.17, 15) is 0 Å². The summed E-state index contributed by atoms with van der Waals surface area (Å²) in [4.78, 5) is 0. The zero-order chi connectivity index (χ0) is 16.8. The molecule has 0 aliphatic heterocycles. The highest BCUT2D eigenvalue weighted by molar-refractivity contribution is 7.03. The molecule has 0 saturated heterocycles. The highest BCUT2D eigenvalue weighted by Gasteiger charge is 2.35. The Balaban J connectivity index is 2.55. The minimum atomic E-state index is -1.92. The Morgan fingerprint density at radius 1 is 0.870 bits per heavy atom. The molecule has 0 aliphatic carbocycles. The molecule has 0 fully saturated rings. The highest BCUT2D eigenvalue weighted by Crippen LogP contribution is 2.17. The molecule has 0 bridgehead atoms. The quantitative estimate of drug-likeness (QED) is 0.434. The summed E-state index contributed by atoms with van der Waals surface area (Å²) in [6.07, 6.45) is 2.09. The van der Waals surface area contributed by atoms with Crippen molar-refractivity contribution in [3.63, 3.8) is 0 Å². The molecule has 0 saturated carbocycles. The van der Waals surface area contributed by atoms with Gasteiger partial charge in [-0.15, -0.1) is 18.0 Å². The maximum Gasteiger partial charge on any atom is 0.133 e. The van der Waals surface area contributed by atoms with Crippen molar-refractivity contribution in [1.29, 1.82) is 0 Å². The Hall–Kier alpha value is -1.83. The lowest BCUT2D eigenvalue weighted by atomic mass is 10.4. The van der Waals surface area contributed by atoms with Crippen molar-refractivity contribution in [2.75, 3.05) is 0 Å². The number of rotatable bonds is 5. The lowest BCUT2D eigenvalue weighted by molar-refractivity contribution is 1.50. The minimum Gasteiger partial charge on any atom is -0.132 e. The van der Waals surface area contributed by atoms with Gasteiger partial charge in [0.05, 0.1) is 0 Å². The molecule has 2 heteroatoms. The van der Waals surface area contributed by atoms with Gasteiger partial charge in [-0.3, -0.25) is 0 Å². The van der Waals surface area contributed by atoms with Gasteiger partial charge in [-0.1, -0.05) is 96.8 Å². The van der Waals surface area contributed by atoms with Crippen molar-refractivity contribution < 1.29 is 0 Å². The van der Waals surface area contributed by atoms with Gasteiger partial charge in [0.2, 0.25) is 0 Å². The van der Waals surface area contributed by atoms with Gasteiger partial charge < -0.3 is 0 Å². The first kappa shape index (κ1) is 17.5. The number of allylic oxidation sites excluding steroid dienone is 1. The van der Waals surface area contributed by atoms with Gasteiger partial charge in [0.1, 0.15) is 16.1 Å². The maximum absolute atomic E-state index is 4.05. The Bertz CT molecular complexity index is 646. The van der Waals surface area contributed by atoms with Crippen LogP contribution in [0, 0.1) is 11.5 Å². The third-order valence-electron chi connectivity index (χ3n) is 4.00. The van der Waals surface area contributed by atoms with Gasteiger partial charge in [-0.05, 0) is 6.04 Å². The molecule has 0 aromatic heterocycles. The molecule has 0 radical (unpaired) electrons. The van der Waals surface area contributed by atoms with E-state index in [0.29, 0.717) is 0 Å². The van der Waals surface area contributed by atoms with Crippen LogP contribution in [0.15, 0.2) is 73.3 Å². The summed E-state index contributed by atoms with van der Waals surface area (Å²) in [5.41, 5.74) is 3.56. The molecule has 2 aromatic carbocycles. The van der Waals surface area contributed by atoms with E-state index in [1.165, 1.54) is 10.4 Å². The molecule has 118 valence electrons. The van der Waals surface area contributed by atoms with E-state index in [2.05, 4.69) is 104 Å².